The van der Waals surface area contributed by atoms with E-state index in [9.17, 15) is 9.59 Å². The van der Waals surface area contributed by atoms with E-state index < -0.39 is 0 Å². The molecule has 2 heterocycles. The van der Waals surface area contributed by atoms with Gasteiger partial charge in [-0.1, -0.05) is 35.9 Å². The molecule has 0 atom stereocenters. The van der Waals surface area contributed by atoms with Crippen LogP contribution in [-0.2, 0) is 22.5 Å². The number of hydrogen-bond acceptors (Lipinski definition) is 5. The van der Waals surface area contributed by atoms with E-state index in [-0.39, 0.29) is 17.9 Å². The summed E-state index contributed by atoms with van der Waals surface area (Å²) in [7, 11) is 1.56. The highest BCUT2D eigenvalue weighted by Crippen LogP contribution is 2.18. The van der Waals surface area contributed by atoms with Gasteiger partial charge in [0.25, 0.3) is 5.56 Å². The maximum absolute atomic E-state index is 13.1. The quantitative estimate of drug-likeness (QED) is 0.463. The molecule has 0 bridgehead atoms. The molecule has 3 aromatic rings. The van der Waals surface area contributed by atoms with Crippen molar-refractivity contribution < 1.29 is 9.53 Å². The highest BCUT2D eigenvalue weighted by atomic mass is 16.5. The highest BCUT2D eigenvalue weighted by molar-refractivity contribution is 5.78. The van der Waals surface area contributed by atoms with Crippen LogP contribution in [0.2, 0.25) is 0 Å². The molecule has 0 saturated heterocycles. The van der Waals surface area contributed by atoms with Crippen molar-refractivity contribution in [2.45, 2.75) is 26.8 Å². The minimum Gasteiger partial charge on any atom is -0.383 e. The van der Waals surface area contributed by atoms with Gasteiger partial charge >= 0.3 is 0 Å². The molecule has 3 rings (SSSR count). The lowest BCUT2D eigenvalue weighted by molar-refractivity contribution is -0.120. The molecule has 2 aromatic heterocycles. The number of ether oxygens (including phenoxy) is 1. The van der Waals surface area contributed by atoms with E-state index in [4.69, 9.17) is 4.74 Å². The number of carbonyl (C=O) groups excluding carboxylic acids is 1. The van der Waals surface area contributed by atoms with Crippen molar-refractivity contribution in [2.75, 3.05) is 20.3 Å². The Morgan fingerprint density at radius 3 is 2.66 bits per heavy atom. The van der Waals surface area contributed by atoms with Crippen LogP contribution in [0.1, 0.15) is 16.8 Å². The molecule has 8 nitrogen and oxygen atoms in total. The van der Waals surface area contributed by atoms with Crippen LogP contribution in [0.4, 0.5) is 0 Å². The molecule has 152 valence electrons. The monoisotopic (exact) mass is 395 g/mol. The van der Waals surface area contributed by atoms with Gasteiger partial charge < -0.3 is 14.6 Å². The number of amides is 1. The van der Waals surface area contributed by atoms with E-state index in [2.05, 4.69) is 22.0 Å². The molecular weight excluding hydrogens is 370 g/mol. The zero-order chi connectivity index (χ0) is 21.0. The fourth-order valence-corrected chi connectivity index (χ4v) is 3.10. The molecule has 0 unspecified atom stereocenters. The molecule has 1 aromatic carbocycles. The minimum atomic E-state index is -0.342. The Morgan fingerprint density at radius 2 is 2.00 bits per heavy atom. The first-order valence-electron chi connectivity index (χ1n) is 9.39. The summed E-state index contributed by atoms with van der Waals surface area (Å²) in [4.78, 5) is 29.9. The molecule has 1 N–H and O–H groups in total. The van der Waals surface area contributed by atoms with Crippen LogP contribution in [0, 0.1) is 13.8 Å². The van der Waals surface area contributed by atoms with E-state index in [0.717, 1.165) is 11.1 Å². The van der Waals surface area contributed by atoms with Crippen molar-refractivity contribution in [3.05, 3.63) is 64.1 Å². The van der Waals surface area contributed by atoms with Crippen molar-refractivity contribution >= 4 is 11.7 Å². The Kier molecular flexibility index (Phi) is 6.23. The Morgan fingerprint density at radius 1 is 1.28 bits per heavy atom. The molecule has 0 spiro atoms. The van der Waals surface area contributed by atoms with Gasteiger partial charge in [0.1, 0.15) is 0 Å². The lowest BCUT2D eigenvalue weighted by atomic mass is 10.1. The molecule has 0 aliphatic heterocycles. The van der Waals surface area contributed by atoms with Crippen LogP contribution in [0.5, 0.6) is 0 Å². The number of rotatable bonds is 8. The van der Waals surface area contributed by atoms with Crippen molar-refractivity contribution in [1.82, 2.24) is 24.5 Å². The van der Waals surface area contributed by atoms with E-state index in [1.54, 1.807) is 13.2 Å². The average molecular weight is 395 g/mol. The van der Waals surface area contributed by atoms with Crippen LogP contribution < -0.4 is 10.9 Å². The fraction of sp³-hybridized carbons (Fsp3) is 0.333. The third-order valence-electron chi connectivity index (χ3n) is 4.71. The number of nitrogens with zero attached hydrogens (tertiary/aromatic N) is 4. The summed E-state index contributed by atoms with van der Waals surface area (Å²) in [5.41, 5.74) is 2.66. The zero-order valence-electron chi connectivity index (χ0n) is 16.9. The average Bonchev–Trinajstić information content (AvgIpc) is 3.15. The molecule has 0 aliphatic rings. The first-order valence-corrected chi connectivity index (χ1v) is 9.39. The number of carbonyl (C=O) groups is 1. The van der Waals surface area contributed by atoms with Crippen molar-refractivity contribution in [3.63, 3.8) is 0 Å². The van der Waals surface area contributed by atoms with Gasteiger partial charge in [-0.05, 0) is 13.8 Å². The molecule has 8 heteroatoms. The van der Waals surface area contributed by atoms with E-state index in [1.807, 2.05) is 42.7 Å². The number of methoxy groups -OCH3 is 1. The first kappa shape index (κ1) is 20.5. The van der Waals surface area contributed by atoms with Gasteiger partial charge in [0.15, 0.2) is 5.82 Å². The summed E-state index contributed by atoms with van der Waals surface area (Å²) in [5, 5.41) is 7.17. The number of allylic oxidation sites excluding steroid dienone is 1. The standard InChI is InChI=1S/C21H25N5O3/c1-5-11-25-15(3)17(13-18(27)22-10-12-29-4)20(28)26-21(25)23-19(24-26)16-8-6-14(2)7-9-16/h5-9H,1,10-13H2,2-4H3,(H,22,27). The van der Waals surface area contributed by atoms with Crippen LogP contribution in [0.15, 0.2) is 41.7 Å². The SMILES string of the molecule is C=CCn1c(C)c(CC(=O)NCCOC)c(=O)n2nc(-c3ccc(C)cc3)nc12. The van der Waals surface area contributed by atoms with Crippen LogP contribution in [-0.4, -0.2) is 45.3 Å². The predicted molar refractivity (Wildman–Crippen MR) is 111 cm³/mol. The Labute approximate surface area is 168 Å². The summed E-state index contributed by atoms with van der Waals surface area (Å²) in [6.07, 6.45) is 1.68. The summed E-state index contributed by atoms with van der Waals surface area (Å²) < 4.78 is 8.05. The zero-order valence-corrected chi connectivity index (χ0v) is 16.9. The topological polar surface area (TPSA) is 90.5 Å². The van der Waals surface area contributed by atoms with Crippen LogP contribution >= 0.6 is 0 Å². The summed E-state index contributed by atoms with van der Waals surface area (Å²) in [6.45, 7) is 8.84. The Hall–Kier alpha value is -3.26. The van der Waals surface area contributed by atoms with Gasteiger partial charge in [-0.2, -0.15) is 9.50 Å². The fourth-order valence-electron chi connectivity index (χ4n) is 3.10. The van der Waals surface area contributed by atoms with Crippen molar-refractivity contribution in [1.29, 1.82) is 0 Å². The minimum absolute atomic E-state index is 0.0405. The molecule has 0 saturated carbocycles. The highest BCUT2D eigenvalue weighted by Gasteiger charge is 2.20. The van der Waals surface area contributed by atoms with Crippen LogP contribution in [0.3, 0.4) is 0 Å². The number of aromatic nitrogens is 4. The van der Waals surface area contributed by atoms with Gasteiger partial charge in [0, 0.05) is 37.0 Å². The number of aryl methyl sites for hydroxylation is 1. The summed E-state index contributed by atoms with van der Waals surface area (Å²) in [6, 6.07) is 7.78. The van der Waals surface area contributed by atoms with E-state index in [0.29, 0.717) is 42.6 Å². The number of hydrogen-bond donors (Lipinski definition) is 1. The normalized spacial score (nSPS) is 11.0. The number of nitrogens with one attached hydrogen (secondary N) is 1. The Balaban J connectivity index is 2.08. The third kappa shape index (κ3) is 4.27. The molecule has 0 fully saturated rings. The largest absolute Gasteiger partial charge is 0.383 e. The second-order valence-corrected chi connectivity index (χ2v) is 6.80. The second kappa shape index (κ2) is 8.83. The van der Waals surface area contributed by atoms with Gasteiger partial charge in [0.2, 0.25) is 11.7 Å². The van der Waals surface area contributed by atoms with Crippen LogP contribution in [0.25, 0.3) is 17.2 Å². The molecule has 0 radical (unpaired) electrons. The van der Waals surface area contributed by atoms with Crippen molar-refractivity contribution in [3.8, 4) is 11.4 Å². The van der Waals surface area contributed by atoms with E-state index in [1.165, 1.54) is 4.52 Å². The summed E-state index contributed by atoms with van der Waals surface area (Å²) in [5.74, 6) is 0.637. The molecule has 0 aliphatic carbocycles. The lowest BCUT2D eigenvalue weighted by Gasteiger charge is -2.13. The predicted octanol–water partition coefficient (Wildman–Crippen LogP) is 1.67. The maximum atomic E-state index is 13.1. The molecule has 1 amide bonds. The van der Waals surface area contributed by atoms with Gasteiger partial charge in [-0.25, -0.2) is 0 Å². The van der Waals surface area contributed by atoms with Crippen molar-refractivity contribution in [2.24, 2.45) is 0 Å². The summed E-state index contributed by atoms with van der Waals surface area (Å²) >= 11 is 0. The first-order chi connectivity index (χ1) is 14.0. The lowest BCUT2D eigenvalue weighted by Crippen LogP contribution is -2.33. The van der Waals surface area contributed by atoms with E-state index >= 15 is 0 Å². The smallest absolute Gasteiger partial charge is 0.279 e. The van der Waals surface area contributed by atoms with Gasteiger partial charge in [-0.3, -0.25) is 9.59 Å². The molecular formula is C21H25N5O3. The maximum Gasteiger partial charge on any atom is 0.279 e. The second-order valence-electron chi connectivity index (χ2n) is 6.80. The third-order valence-corrected chi connectivity index (χ3v) is 4.71. The molecule has 29 heavy (non-hydrogen) atoms. The number of benzene rings is 1. The van der Waals surface area contributed by atoms with Gasteiger partial charge in [-0.15, -0.1) is 11.7 Å². The Bertz CT molecular complexity index is 1100. The van der Waals surface area contributed by atoms with Gasteiger partial charge in [0.05, 0.1) is 13.0 Å². The number of fused-ring (bicyclic) bond motifs is 1.